The molecule has 35 heavy (non-hydrogen) atoms. The fraction of sp³-hybridized carbons (Fsp3) is 0.250. The van der Waals surface area contributed by atoms with Crippen LogP contribution in [0.1, 0.15) is 36.3 Å². The van der Waals surface area contributed by atoms with Crippen LogP contribution in [-0.2, 0) is 29.0 Å². The van der Waals surface area contributed by atoms with Crippen LogP contribution >= 0.6 is 11.6 Å². The van der Waals surface area contributed by atoms with Crippen molar-refractivity contribution in [2.75, 3.05) is 11.4 Å². The molecule has 7 heteroatoms. The van der Waals surface area contributed by atoms with Gasteiger partial charge in [0.25, 0.3) is 0 Å². The maximum absolute atomic E-state index is 13.5. The van der Waals surface area contributed by atoms with Gasteiger partial charge >= 0.3 is 0 Å². The molecular weight excluding hydrogens is 460 g/mol. The number of nitrogens with zero attached hydrogens (tertiary/aromatic N) is 3. The lowest BCUT2D eigenvalue weighted by Crippen LogP contribution is -2.38. The third-order valence-electron chi connectivity index (χ3n) is 6.43. The lowest BCUT2D eigenvalue weighted by atomic mass is 10.0. The van der Waals surface area contributed by atoms with E-state index in [0.29, 0.717) is 17.4 Å². The van der Waals surface area contributed by atoms with Gasteiger partial charge in [-0.05, 0) is 61.2 Å². The number of rotatable bonds is 6. The zero-order chi connectivity index (χ0) is 24.4. The summed E-state index contributed by atoms with van der Waals surface area (Å²) in [5, 5.41) is 3.69. The summed E-state index contributed by atoms with van der Waals surface area (Å²) in [6.45, 7) is 2.75. The molecule has 4 aromatic rings. The Morgan fingerprint density at radius 1 is 1.03 bits per heavy atom. The molecule has 2 heterocycles. The highest BCUT2D eigenvalue weighted by atomic mass is 35.5. The molecule has 1 aromatic heterocycles. The number of benzene rings is 3. The molecular formula is C28H27ClN4O2. The molecule has 1 unspecified atom stereocenters. The largest absolute Gasteiger partial charge is 0.346 e. The van der Waals surface area contributed by atoms with E-state index in [0.717, 1.165) is 35.1 Å². The van der Waals surface area contributed by atoms with E-state index >= 15 is 0 Å². The molecule has 0 bridgehead atoms. The van der Waals surface area contributed by atoms with E-state index in [2.05, 4.69) is 11.4 Å². The predicted octanol–water partition coefficient (Wildman–Crippen LogP) is 5.09. The van der Waals surface area contributed by atoms with Crippen molar-refractivity contribution in [3.8, 4) is 0 Å². The van der Waals surface area contributed by atoms with E-state index in [1.54, 1.807) is 12.1 Å². The summed E-state index contributed by atoms with van der Waals surface area (Å²) in [6.07, 6.45) is 2.17. The van der Waals surface area contributed by atoms with Crippen molar-refractivity contribution in [3.63, 3.8) is 0 Å². The zero-order valence-electron chi connectivity index (χ0n) is 19.6. The van der Waals surface area contributed by atoms with Crippen LogP contribution in [0.4, 0.5) is 5.69 Å². The van der Waals surface area contributed by atoms with Gasteiger partial charge in [-0.15, -0.1) is 0 Å². The van der Waals surface area contributed by atoms with Gasteiger partial charge in [0.2, 0.25) is 11.8 Å². The van der Waals surface area contributed by atoms with Gasteiger partial charge in [0.1, 0.15) is 12.4 Å². The number of halogens is 1. The Bertz CT molecular complexity index is 1380. The fourth-order valence-corrected chi connectivity index (χ4v) is 4.87. The standard InChI is InChI=1S/C28H27ClN4O2/c1-19(30-26(34)17-20-12-14-22(29)15-13-20)28-31-23-9-3-5-11-25(23)33(28)18-27(35)32-16-6-8-21-7-2-4-10-24(21)32/h2-5,7,9-15,19H,6,8,16-18H2,1H3,(H,30,34). The zero-order valence-corrected chi connectivity index (χ0v) is 20.3. The molecule has 1 aliphatic rings. The summed E-state index contributed by atoms with van der Waals surface area (Å²) in [6, 6.07) is 22.7. The first-order chi connectivity index (χ1) is 17.0. The first-order valence-electron chi connectivity index (χ1n) is 11.9. The summed E-state index contributed by atoms with van der Waals surface area (Å²) in [5.41, 5.74) is 4.74. The Labute approximate surface area is 209 Å². The molecule has 0 aliphatic carbocycles. The number of hydrogen-bond donors (Lipinski definition) is 1. The van der Waals surface area contributed by atoms with E-state index in [1.165, 1.54) is 5.56 Å². The molecule has 1 N–H and O–H groups in total. The second-order valence-corrected chi connectivity index (χ2v) is 9.35. The lowest BCUT2D eigenvalue weighted by molar-refractivity contribution is -0.121. The normalized spacial score (nSPS) is 13.9. The van der Waals surface area contributed by atoms with Crippen LogP contribution in [0.2, 0.25) is 5.02 Å². The summed E-state index contributed by atoms with van der Waals surface area (Å²) < 4.78 is 1.93. The van der Waals surface area contributed by atoms with Gasteiger partial charge in [-0.25, -0.2) is 4.98 Å². The first kappa shape index (κ1) is 23.1. The van der Waals surface area contributed by atoms with Gasteiger partial charge in [0, 0.05) is 17.3 Å². The minimum absolute atomic E-state index is 0.0150. The number of fused-ring (bicyclic) bond motifs is 2. The number of anilines is 1. The predicted molar refractivity (Wildman–Crippen MR) is 139 cm³/mol. The van der Waals surface area contributed by atoms with E-state index in [1.807, 2.05) is 71.0 Å². The number of carbonyl (C=O) groups is 2. The highest BCUT2D eigenvalue weighted by molar-refractivity contribution is 6.30. The van der Waals surface area contributed by atoms with Crippen LogP contribution in [0.5, 0.6) is 0 Å². The molecule has 0 saturated carbocycles. The molecule has 2 amide bonds. The second kappa shape index (κ2) is 9.92. The van der Waals surface area contributed by atoms with Crippen molar-refractivity contribution in [2.24, 2.45) is 0 Å². The average molecular weight is 487 g/mol. The van der Waals surface area contributed by atoms with Gasteiger partial charge in [-0.3, -0.25) is 9.59 Å². The Morgan fingerprint density at radius 3 is 2.60 bits per heavy atom. The molecule has 5 rings (SSSR count). The second-order valence-electron chi connectivity index (χ2n) is 8.91. The highest BCUT2D eigenvalue weighted by Crippen LogP contribution is 2.28. The van der Waals surface area contributed by atoms with E-state index in [9.17, 15) is 9.59 Å². The topological polar surface area (TPSA) is 67.2 Å². The number of imidazole rings is 1. The maximum atomic E-state index is 13.5. The Morgan fingerprint density at radius 2 is 1.77 bits per heavy atom. The molecule has 0 fully saturated rings. The molecule has 0 saturated heterocycles. The van der Waals surface area contributed by atoms with E-state index in [4.69, 9.17) is 16.6 Å². The van der Waals surface area contributed by atoms with Crippen molar-refractivity contribution in [1.29, 1.82) is 0 Å². The van der Waals surface area contributed by atoms with Crippen LogP contribution in [0, 0.1) is 0 Å². The maximum Gasteiger partial charge on any atom is 0.246 e. The quantitative estimate of drug-likeness (QED) is 0.413. The Balaban J connectivity index is 1.39. The lowest BCUT2D eigenvalue weighted by Gasteiger charge is -2.30. The first-order valence-corrected chi connectivity index (χ1v) is 12.2. The fourth-order valence-electron chi connectivity index (χ4n) is 4.75. The summed E-state index contributed by atoms with van der Waals surface area (Å²) in [7, 11) is 0. The molecule has 0 spiro atoms. The number of hydrogen-bond acceptors (Lipinski definition) is 3. The van der Waals surface area contributed by atoms with Crippen molar-refractivity contribution < 1.29 is 9.59 Å². The number of carbonyl (C=O) groups excluding carboxylic acids is 2. The van der Waals surface area contributed by atoms with Crippen molar-refractivity contribution >= 4 is 40.1 Å². The third kappa shape index (κ3) is 4.93. The SMILES string of the molecule is CC(NC(=O)Cc1ccc(Cl)cc1)c1nc2ccccc2n1CC(=O)N1CCCc2ccccc21. The summed E-state index contributed by atoms with van der Waals surface area (Å²) in [4.78, 5) is 32.9. The minimum Gasteiger partial charge on any atom is -0.346 e. The third-order valence-corrected chi connectivity index (χ3v) is 6.68. The van der Waals surface area contributed by atoms with E-state index < -0.39 is 0 Å². The van der Waals surface area contributed by atoms with Crippen molar-refractivity contribution in [1.82, 2.24) is 14.9 Å². The van der Waals surface area contributed by atoms with Crippen LogP contribution in [0.25, 0.3) is 11.0 Å². The summed E-state index contributed by atoms with van der Waals surface area (Å²) >= 11 is 5.95. The smallest absolute Gasteiger partial charge is 0.246 e. The van der Waals surface area contributed by atoms with Gasteiger partial charge < -0.3 is 14.8 Å². The van der Waals surface area contributed by atoms with E-state index in [-0.39, 0.29) is 30.8 Å². The molecule has 6 nitrogen and oxygen atoms in total. The highest BCUT2D eigenvalue weighted by Gasteiger charge is 2.25. The van der Waals surface area contributed by atoms with Crippen LogP contribution in [0.3, 0.4) is 0 Å². The average Bonchev–Trinajstić information content (AvgIpc) is 3.23. The van der Waals surface area contributed by atoms with Crippen LogP contribution in [0.15, 0.2) is 72.8 Å². The van der Waals surface area contributed by atoms with Gasteiger partial charge in [-0.2, -0.15) is 0 Å². The minimum atomic E-state index is -0.372. The Kier molecular flexibility index (Phi) is 6.55. The van der Waals surface area contributed by atoms with Crippen LogP contribution < -0.4 is 10.2 Å². The molecule has 0 radical (unpaired) electrons. The van der Waals surface area contributed by atoms with Crippen molar-refractivity contribution in [2.45, 2.75) is 38.8 Å². The van der Waals surface area contributed by atoms with Crippen LogP contribution in [-0.4, -0.2) is 27.9 Å². The monoisotopic (exact) mass is 486 g/mol. The number of amides is 2. The number of aromatic nitrogens is 2. The number of nitrogens with one attached hydrogen (secondary N) is 1. The van der Waals surface area contributed by atoms with Gasteiger partial charge in [0.15, 0.2) is 0 Å². The van der Waals surface area contributed by atoms with Crippen molar-refractivity contribution in [3.05, 3.63) is 94.8 Å². The molecule has 1 atom stereocenters. The molecule has 1 aliphatic heterocycles. The summed E-state index contributed by atoms with van der Waals surface area (Å²) in [5.74, 6) is 0.560. The molecule has 178 valence electrons. The Hall–Kier alpha value is -3.64. The number of aryl methyl sites for hydroxylation is 1. The van der Waals surface area contributed by atoms with Gasteiger partial charge in [-0.1, -0.05) is 54.1 Å². The number of para-hydroxylation sites is 3. The van der Waals surface area contributed by atoms with Gasteiger partial charge in [0.05, 0.1) is 23.5 Å². The molecule has 3 aromatic carbocycles.